The van der Waals surface area contributed by atoms with E-state index in [2.05, 4.69) is 49.2 Å². The van der Waals surface area contributed by atoms with Crippen LogP contribution in [0.1, 0.15) is 86.4 Å². The molecule has 4 aromatic heterocycles. The molecule has 2 aromatic carbocycles. The first-order valence-electron chi connectivity index (χ1n) is 21.2. The lowest BCUT2D eigenvalue weighted by Crippen LogP contribution is -2.74. The summed E-state index contributed by atoms with van der Waals surface area (Å²) >= 11 is 6.24. The van der Waals surface area contributed by atoms with Crippen LogP contribution < -0.4 is 14.8 Å². The Kier molecular flexibility index (Phi) is 11.1. The topological polar surface area (TPSA) is 170 Å². The van der Waals surface area contributed by atoms with E-state index in [1.165, 1.54) is 18.1 Å². The van der Waals surface area contributed by atoms with Crippen LogP contribution in [0.15, 0.2) is 79.4 Å². The molecule has 1 saturated heterocycles. The van der Waals surface area contributed by atoms with E-state index in [0.29, 0.717) is 40.7 Å². The van der Waals surface area contributed by atoms with E-state index in [4.69, 9.17) is 35.9 Å². The largest absolute Gasteiger partial charge is 0.489 e. The van der Waals surface area contributed by atoms with Gasteiger partial charge in [0.2, 0.25) is 5.91 Å². The number of halogens is 1. The van der Waals surface area contributed by atoms with Crippen molar-refractivity contribution in [2.45, 2.75) is 85.2 Å². The number of hydrogen-bond donors (Lipinski definition) is 1. The number of aromatic nitrogens is 6. The summed E-state index contributed by atoms with van der Waals surface area (Å²) < 4.78 is 20.1. The predicted molar refractivity (Wildman–Crippen MR) is 236 cm³/mol. The second-order valence-electron chi connectivity index (χ2n) is 17.7. The molecular formula is C48H48ClN9O5. The summed E-state index contributed by atoms with van der Waals surface area (Å²) in [6.07, 6.45) is 8.95. The van der Waals surface area contributed by atoms with Crippen LogP contribution in [0, 0.1) is 22.2 Å². The monoisotopic (exact) mass is 865 g/mol. The summed E-state index contributed by atoms with van der Waals surface area (Å²) in [5, 5.41) is 20.0. The number of rotatable bonds is 10. The molecule has 63 heavy (non-hydrogen) atoms. The van der Waals surface area contributed by atoms with Gasteiger partial charge in [0.1, 0.15) is 24.5 Å². The van der Waals surface area contributed by atoms with Crippen LogP contribution in [0.25, 0.3) is 33.3 Å². The SMILES string of the molecule is CC(=O)N1CCc2c(c(-c3cccc4cc(-c5ccc(COc6ncc(C(=O)NC7C(C)(C)C(Oc8ccc(C#N)c(Cl)c8)C7(C)C)cn6)nc5)ncc34)nn2C2CCOCC2)C1. The summed E-state index contributed by atoms with van der Waals surface area (Å²) in [6, 6.07) is 19.4. The maximum atomic E-state index is 13.4. The van der Waals surface area contributed by atoms with Crippen LogP contribution in [0.3, 0.4) is 0 Å². The Morgan fingerprint density at radius 2 is 1.75 bits per heavy atom. The molecule has 1 aliphatic carbocycles. The van der Waals surface area contributed by atoms with Gasteiger partial charge in [0.15, 0.2) is 0 Å². The van der Waals surface area contributed by atoms with Crippen LogP contribution in [0.2, 0.25) is 5.02 Å². The molecule has 14 nitrogen and oxygen atoms in total. The number of nitrogens with one attached hydrogen (secondary N) is 1. The Morgan fingerprint density at radius 3 is 2.44 bits per heavy atom. The third-order valence-electron chi connectivity index (χ3n) is 12.9. The highest BCUT2D eigenvalue weighted by Gasteiger charge is 2.64. The molecule has 0 spiro atoms. The molecule has 0 atom stereocenters. The number of carbonyl (C=O) groups is 2. The first kappa shape index (κ1) is 41.9. The van der Waals surface area contributed by atoms with Gasteiger partial charge in [-0.2, -0.15) is 10.4 Å². The van der Waals surface area contributed by atoms with Crippen molar-refractivity contribution in [1.29, 1.82) is 5.26 Å². The number of amides is 2. The fourth-order valence-corrected chi connectivity index (χ4v) is 10.0. The number of benzene rings is 2. The van der Waals surface area contributed by atoms with Gasteiger partial charge in [-0.25, -0.2) is 9.97 Å². The highest BCUT2D eigenvalue weighted by atomic mass is 35.5. The zero-order valence-electron chi connectivity index (χ0n) is 35.9. The third-order valence-corrected chi connectivity index (χ3v) is 13.2. The number of fused-ring (bicyclic) bond motifs is 2. The van der Waals surface area contributed by atoms with Gasteiger partial charge in [-0.3, -0.25) is 24.2 Å². The molecule has 0 unspecified atom stereocenters. The Hall–Kier alpha value is -6.43. The molecule has 6 heterocycles. The van der Waals surface area contributed by atoms with Gasteiger partial charge in [0.25, 0.3) is 5.91 Å². The molecule has 3 aliphatic rings. The molecule has 0 bridgehead atoms. The van der Waals surface area contributed by atoms with Gasteiger partial charge in [-0.15, -0.1) is 0 Å². The summed E-state index contributed by atoms with van der Waals surface area (Å²) in [4.78, 5) is 45.8. The molecule has 2 aliphatic heterocycles. The first-order valence-corrected chi connectivity index (χ1v) is 21.6. The predicted octanol–water partition coefficient (Wildman–Crippen LogP) is 7.92. The van der Waals surface area contributed by atoms with Crippen LogP contribution in [0.4, 0.5) is 0 Å². The quantitative estimate of drug-likeness (QED) is 0.142. The number of nitriles is 1. The fraction of sp³-hybridized carbons (Fsp3) is 0.375. The summed E-state index contributed by atoms with van der Waals surface area (Å²) in [6.45, 7) is 12.6. The van der Waals surface area contributed by atoms with E-state index in [9.17, 15) is 14.9 Å². The minimum absolute atomic E-state index is 0.0687. The second-order valence-corrected chi connectivity index (χ2v) is 18.1. The van der Waals surface area contributed by atoms with E-state index in [0.717, 1.165) is 71.3 Å². The zero-order valence-corrected chi connectivity index (χ0v) is 36.6. The molecule has 322 valence electrons. The van der Waals surface area contributed by atoms with Crippen LogP contribution >= 0.6 is 11.6 Å². The normalized spacial score (nSPS) is 19.1. The third kappa shape index (κ3) is 7.96. The lowest BCUT2D eigenvalue weighted by molar-refractivity contribution is -0.164. The number of hydrogen-bond acceptors (Lipinski definition) is 11. The smallest absolute Gasteiger partial charge is 0.316 e. The second kappa shape index (κ2) is 16.7. The maximum absolute atomic E-state index is 13.4. The lowest BCUT2D eigenvalue weighted by Gasteiger charge is -2.63. The van der Waals surface area contributed by atoms with E-state index in [1.807, 2.05) is 57.0 Å². The molecule has 2 amide bonds. The van der Waals surface area contributed by atoms with E-state index < -0.39 is 10.8 Å². The van der Waals surface area contributed by atoms with Crippen LogP contribution in [-0.4, -0.2) is 78.3 Å². The molecule has 1 saturated carbocycles. The standard InChI is InChI=1S/C48H48ClN9O5/c1-28(59)57-16-13-41-38(26-57)42(56-58(41)34-14-17-61-18-15-34)36-8-6-7-29-19-40(52-25-37(29)36)31-9-11-33(51-22-31)27-62-46-53-23-32(24-54-46)43(60)55-44-47(2,3)45(48(44,4)5)63-35-12-10-30(21-50)39(49)20-35/h6-12,19-20,22-25,34,44-45H,13-18,26-27H2,1-5H3,(H,55,60). The number of nitrogens with zero attached hydrogens (tertiary/aromatic N) is 8. The summed E-state index contributed by atoms with van der Waals surface area (Å²) in [7, 11) is 0. The molecule has 6 aromatic rings. The molecule has 2 fully saturated rings. The zero-order chi connectivity index (χ0) is 44.0. The minimum Gasteiger partial charge on any atom is -0.489 e. The van der Waals surface area contributed by atoms with Gasteiger partial charge >= 0.3 is 6.01 Å². The molecule has 1 N–H and O–H groups in total. The Morgan fingerprint density at radius 1 is 0.968 bits per heavy atom. The van der Waals surface area contributed by atoms with Crippen molar-refractivity contribution in [2.75, 3.05) is 19.8 Å². The van der Waals surface area contributed by atoms with E-state index >= 15 is 0 Å². The number of carbonyl (C=O) groups excluding carboxylic acids is 2. The van der Waals surface area contributed by atoms with Gasteiger partial charge in [-0.1, -0.05) is 57.5 Å². The maximum Gasteiger partial charge on any atom is 0.316 e. The summed E-state index contributed by atoms with van der Waals surface area (Å²) in [5.74, 6) is 0.333. The van der Waals surface area contributed by atoms with Crippen molar-refractivity contribution < 1.29 is 23.8 Å². The van der Waals surface area contributed by atoms with Gasteiger partial charge < -0.3 is 24.4 Å². The number of ether oxygens (including phenoxy) is 3. The first-order chi connectivity index (χ1) is 30.3. The highest BCUT2D eigenvalue weighted by Crippen LogP contribution is 2.55. The van der Waals surface area contributed by atoms with Gasteiger partial charge in [0, 0.05) is 115 Å². The van der Waals surface area contributed by atoms with Gasteiger partial charge in [-0.05, 0) is 48.6 Å². The fourth-order valence-electron chi connectivity index (χ4n) is 9.82. The average Bonchev–Trinajstić information content (AvgIpc) is 3.68. The minimum atomic E-state index is -0.419. The Balaban J connectivity index is 0.839. The van der Waals surface area contributed by atoms with Crippen molar-refractivity contribution in [3.63, 3.8) is 0 Å². The van der Waals surface area contributed by atoms with Crippen molar-refractivity contribution in [1.82, 2.24) is 39.9 Å². The van der Waals surface area contributed by atoms with Crippen molar-refractivity contribution in [3.8, 4) is 40.3 Å². The van der Waals surface area contributed by atoms with Crippen LogP contribution in [-0.2, 0) is 29.1 Å². The van der Waals surface area contributed by atoms with E-state index in [1.54, 1.807) is 31.3 Å². The molecule has 9 rings (SSSR count). The van der Waals surface area contributed by atoms with Crippen molar-refractivity contribution in [3.05, 3.63) is 112 Å². The van der Waals surface area contributed by atoms with E-state index in [-0.39, 0.29) is 42.6 Å². The Bertz CT molecular complexity index is 2740. The van der Waals surface area contributed by atoms with Gasteiger partial charge in [0.05, 0.1) is 39.3 Å². The summed E-state index contributed by atoms with van der Waals surface area (Å²) in [5.41, 5.74) is 6.38. The Labute approximate surface area is 370 Å². The molecular weight excluding hydrogens is 818 g/mol. The van der Waals surface area contributed by atoms with Crippen molar-refractivity contribution in [2.24, 2.45) is 10.8 Å². The molecule has 0 radical (unpaired) electrons. The van der Waals surface area contributed by atoms with Crippen LogP contribution in [0.5, 0.6) is 11.8 Å². The molecule has 15 heteroatoms. The highest BCUT2D eigenvalue weighted by molar-refractivity contribution is 6.31. The number of pyridine rings is 2. The van der Waals surface area contributed by atoms with Crippen molar-refractivity contribution >= 4 is 34.2 Å². The average molecular weight is 866 g/mol. The lowest BCUT2D eigenvalue weighted by atomic mass is 9.49.